The summed E-state index contributed by atoms with van der Waals surface area (Å²) in [5.41, 5.74) is 0. The summed E-state index contributed by atoms with van der Waals surface area (Å²) < 4.78 is 5.61. The first-order chi connectivity index (χ1) is 7.26. The van der Waals surface area contributed by atoms with E-state index in [2.05, 4.69) is 25.7 Å². The van der Waals surface area contributed by atoms with Crippen molar-refractivity contribution in [1.29, 1.82) is 0 Å². The highest BCUT2D eigenvalue weighted by Crippen LogP contribution is 2.17. The second-order valence-electron chi connectivity index (χ2n) is 3.26. The first kappa shape index (κ1) is 12.3. The third-order valence-electron chi connectivity index (χ3n) is 2.04. The van der Waals surface area contributed by atoms with Gasteiger partial charge in [0.1, 0.15) is 6.61 Å². The smallest absolute Gasteiger partial charge is 0.104 e. The normalized spacial score (nSPS) is 11.9. The average molecular weight is 224 g/mol. The molecule has 15 heavy (non-hydrogen) atoms. The van der Waals surface area contributed by atoms with Crippen LogP contribution in [0.2, 0.25) is 0 Å². The minimum absolute atomic E-state index is 0.0867. The molecule has 1 aromatic heterocycles. The number of hydrogen-bond acceptors (Lipinski definition) is 3. The highest BCUT2D eigenvalue weighted by molar-refractivity contribution is 7.12. The Hall–Kier alpha value is -0.820. The third-order valence-corrected chi connectivity index (χ3v) is 3.01. The maximum atomic E-state index is 8.55. The maximum Gasteiger partial charge on any atom is 0.104 e. The van der Waals surface area contributed by atoms with Crippen molar-refractivity contribution < 1.29 is 9.84 Å². The Morgan fingerprint density at radius 2 is 2.33 bits per heavy atom. The van der Waals surface area contributed by atoms with Crippen LogP contribution in [0.5, 0.6) is 0 Å². The van der Waals surface area contributed by atoms with E-state index < -0.39 is 0 Å². The van der Waals surface area contributed by atoms with Gasteiger partial charge in [0.25, 0.3) is 0 Å². The van der Waals surface area contributed by atoms with E-state index in [0.717, 1.165) is 11.3 Å². The minimum Gasteiger partial charge on any atom is -0.384 e. The van der Waals surface area contributed by atoms with Crippen LogP contribution in [0.25, 0.3) is 0 Å². The zero-order valence-corrected chi connectivity index (χ0v) is 9.93. The molecule has 0 spiro atoms. The van der Waals surface area contributed by atoms with E-state index in [1.807, 2.05) is 12.1 Å². The van der Waals surface area contributed by atoms with Crippen molar-refractivity contribution in [3.05, 3.63) is 21.9 Å². The Labute approximate surface area is 94.9 Å². The highest BCUT2D eigenvalue weighted by Gasteiger charge is 2.01. The lowest BCUT2D eigenvalue weighted by molar-refractivity contribution is 0.0525. The molecule has 0 aliphatic carbocycles. The van der Waals surface area contributed by atoms with Crippen LogP contribution in [0, 0.1) is 11.8 Å². The molecule has 2 nitrogen and oxygen atoms in total. The number of rotatable bonds is 4. The fourth-order valence-electron chi connectivity index (χ4n) is 0.992. The van der Waals surface area contributed by atoms with E-state index in [1.165, 1.54) is 4.88 Å². The molecule has 1 N–H and O–H groups in total. The van der Waals surface area contributed by atoms with Gasteiger partial charge < -0.3 is 9.84 Å². The number of aliphatic hydroxyl groups is 1. The molecule has 82 valence electrons. The monoisotopic (exact) mass is 224 g/mol. The van der Waals surface area contributed by atoms with Gasteiger partial charge in [0, 0.05) is 4.88 Å². The second kappa shape index (κ2) is 6.62. The molecule has 0 saturated carbocycles. The molecule has 3 heteroatoms. The van der Waals surface area contributed by atoms with Crippen LogP contribution >= 0.6 is 11.3 Å². The van der Waals surface area contributed by atoms with Crippen molar-refractivity contribution in [2.75, 3.05) is 6.61 Å². The van der Waals surface area contributed by atoms with Crippen LogP contribution in [0.4, 0.5) is 0 Å². The summed E-state index contributed by atoms with van der Waals surface area (Å²) in [6.45, 7) is 4.74. The molecule has 1 rings (SSSR count). The summed E-state index contributed by atoms with van der Waals surface area (Å²) in [4.78, 5) is 2.16. The summed E-state index contributed by atoms with van der Waals surface area (Å²) in [7, 11) is 0. The summed E-state index contributed by atoms with van der Waals surface area (Å²) in [5, 5.41) is 8.55. The zero-order chi connectivity index (χ0) is 11.1. The van der Waals surface area contributed by atoms with Crippen molar-refractivity contribution in [1.82, 2.24) is 0 Å². The fraction of sp³-hybridized carbons (Fsp3) is 0.500. The standard InChI is InChI=1S/C12H16O2S/c1-3-10(2)14-9-12-7-6-11(15-12)5-4-8-13/h6-7,10,13H,3,8-9H2,1-2H3. The lowest BCUT2D eigenvalue weighted by Crippen LogP contribution is -2.04. The van der Waals surface area contributed by atoms with Gasteiger partial charge in [0.15, 0.2) is 0 Å². The van der Waals surface area contributed by atoms with E-state index in [-0.39, 0.29) is 6.61 Å². The highest BCUT2D eigenvalue weighted by atomic mass is 32.1. The summed E-state index contributed by atoms with van der Waals surface area (Å²) in [6.07, 6.45) is 1.34. The van der Waals surface area contributed by atoms with Gasteiger partial charge in [-0.2, -0.15) is 0 Å². The van der Waals surface area contributed by atoms with Crippen LogP contribution in [-0.4, -0.2) is 17.8 Å². The summed E-state index contributed by atoms with van der Waals surface area (Å²) >= 11 is 1.62. The molecule has 0 aromatic carbocycles. The molecule has 0 fully saturated rings. The molecule has 1 atom stereocenters. The Kier molecular flexibility index (Phi) is 5.41. The Morgan fingerprint density at radius 1 is 1.53 bits per heavy atom. The molecule has 1 unspecified atom stereocenters. The van der Waals surface area contributed by atoms with Gasteiger partial charge in [0.2, 0.25) is 0 Å². The molecular formula is C12H16O2S. The Morgan fingerprint density at radius 3 is 3.00 bits per heavy atom. The van der Waals surface area contributed by atoms with E-state index in [1.54, 1.807) is 11.3 Å². The van der Waals surface area contributed by atoms with E-state index in [0.29, 0.717) is 12.7 Å². The third kappa shape index (κ3) is 4.48. The first-order valence-electron chi connectivity index (χ1n) is 5.06. The molecule has 1 heterocycles. The average Bonchev–Trinajstić information content (AvgIpc) is 2.71. The first-order valence-corrected chi connectivity index (χ1v) is 5.88. The van der Waals surface area contributed by atoms with Crippen LogP contribution in [0.1, 0.15) is 30.0 Å². The van der Waals surface area contributed by atoms with Gasteiger partial charge in [-0.25, -0.2) is 0 Å². The van der Waals surface area contributed by atoms with Crippen molar-refractivity contribution >= 4 is 11.3 Å². The van der Waals surface area contributed by atoms with Crippen molar-refractivity contribution in [3.63, 3.8) is 0 Å². The lowest BCUT2D eigenvalue weighted by atomic mass is 10.3. The predicted octanol–water partition coefficient (Wildman–Crippen LogP) is 2.41. The fourth-order valence-corrected chi connectivity index (χ4v) is 1.80. The van der Waals surface area contributed by atoms with E-state index in [9.17, 15) is 0 Å². The number of ether oxygens (including phenoxy) is 1. The van der Waals surface area contributed by atoms with Gasteiger partial charge >= 0.3 is 0 Å². The van der Waals surface area contributed by atoms with Gasteiger partial charge in [-0.05, 0) is 25.5 Å². The van der Waals surface area contributed by atoms with Crippen LogP contribution in [0.3, 0.4) is 0 Å². The molecule has 0 saturated heterocycles. The number of aliphatic hydroxyl groups excluding tert-OH is 1. The lowest BCUT2D eigenvalue weighted by Gasteiger charge is -2.08. The molecule has 0 aliphatic rings. The van der Waals surface area contributed by atoms with E-state index >= 15 is 0 Å². The largest absolute Gasteiger partial charge is 0.384 e. The Balaban J connectivity index is 2.46. The zero-order valence-electron chi connectivity index (χ0n) is 9.12. The topological polar surface area (TPSA) is 29.5 Å². The molecule has 0 amide bonds. The SMILES string of the molecule is CCC(C)OCc1ccc(C#CCO)s1. The Bertz CT molecular complexity index is 346. The predicted molar refractivity (Wildman–Crippen MR) is 62.8 cm³/mol. The van der Waals surface area contributed by atoms with Gasteiger partial charge in [0.05, 0.1) is 17.6 Å². The molecule has 0 aliphatic heterocycles. The van der Waals surface area contributed by atoms with Crippen molar-refractivity contribution in [2.45, 2.75) is 33.0 Å². The maximum absolute atomic E-state index is 8.55. The number of thiophene rings is 1. The molecule has 1 aromatic rings. The summed E-state index contributed by atoms with van der Waals surface area (Å²) in [5.74, 6) is 5.51. The number of hydrogen-bond donors (Lipinski definition) is 1. The second-order valence-corrected chi connectivity index (χ2v) is 4.42. The van der Waals surface area contributed by atoms with Crippen molar-refractivity contribution in [3.8, 4) is 11.8 Å². The molecular weight excluding hydrogens is 208 g/mol. The van der Waals surface area contributed by atoms with Gasteiger partial charge in [-0.3, -0.25) is 0 Å². The quantitative estimate of drug-likeness (QED) is 0.796. The molecule has 0 bridgehead atoms. The van der Waals surface area contributed by atoms with Crippen LogP contribution in [0.15, 0.2) is 12.1 Å². The van der Waals surface area contributed by atoms with Gasteiger partial charge in [-0.15, -0.1) is 11.3 Å². The van der Waals surface area contributed by atoms with E-state index in [4.69, 9.17) is 9.84 Å². The minimum atomic E-state index is -0.0867. The summed E-state index contributed by atoms with van der Waals surface area (Å²) in [6, 6.07) is 3.98. The molecule has 0 radical (unpaired) electrons. The van der Waals surface area contributed by atoms with Gasteiger partial charge in [-0.1, -0.05) is 18.8 Å². The van der Waals surface area contributed by atoms with Crippen LogP contribution < -0.4 is 0 Å². The van der Waals surface area contributed by atoms with Crippen molar-refractivity contribution in [2.24, 2.45) is 0 Å². The van der Waals surface area contributed by atoms with Crippen LogP contribution in [-0.2, 0) is 11.3 Å².